The van der Waals surface area contributed by atoms with Gasteiger partial charge in [-0.3, -0.25) is 9.82 Å². The molecule has 0 spiro atoms. The highest BCUT2D eigenvalue weighted by Crippen LogP contribution is 2.28. The van der Waals surface area contributed by atoms with Crippen molar-refractivity contribution in [1.82, 2.24) is 10.2 Å². The van der Waals surface area contributed by atoms with Crippen molar-refractivity contribution < 1.29 is 17.2 Å². The Kier molecular flexibility index (Phi) is 3.59. The minimum absolute atomic E-state index is 0.121. The molecule has 2 N–H and O–H groups in total. The van der Waals surface area contributed by atoms with Gasteiger partial charge >= 0.3 is 0 Å². The van der Waals surface area contributed by atoms with Gasteiger partial charge in [0, 0.05) is 16.1 Å². The zero-order chi connectivity index (χ0) is 14.2. The Morgan fingerprint density at radius 1 is 1.37 bits per heavy atom. The molecule has 2 aromatic rings. The molecule has 5 nitrogen and oxygen atoms in total. The second kappa shape index (κ2) is 4.89. The number of nitrogens with zero attached hydrogens (tertiary/aromatic N) is 1. The lowest BCUT2D eigenvalue weighted by Crippen LogP contribution is -2.16. The summed E-state index contributed by atoms with van der Waals surface area (Å²) in [5.74, 6) is -1.94. The van der Waals surface area contributed by atoms with Crippen LogP contribution < -0.4 is 4.72 Å². The lowest BCUT2D eigenvalue weighted by Gasteiger charge is -2.09. The Bertz CT molecular complexity index is 707. The van der Waals surface area contributed by atoms with Crippen molar-refractivity contribution in [3.05, 3.63) is 40.0 Å². The molecular weight excluding hydrogens is 344 g/mol. The van der Waals surface area contributed by atoms with Crippen LogP contribution in [0.15, 0.2) is 27.7 Å². The summed E-state index contributed by atoms with van der Waals surface area (Å²) in [6.45, 7) is 1.62. The summed E-state index contributed by atoms with van der Waals surface area (Å²) in [7, 11) is -4.19. The van der Waals surface area contributed by atoms with E-state index in [2.05, 4.69) is 30.8 Å². The molecule has 0 atom stereocenters. The smallest absolute Gasteiger partial charge is 0.263 e. The largest absolute Gasteiger partial charge is 0.267 e. The van der Waals surface area contributed by atoms with Crippen LogP contribution in [0.1, 0.15) is 5.56 Å². The van der Waals surface area contributed by atoms with Crippen molar-refractivity contribution in [2.45, 2.75) is 11.8 Å². The van der Waals surface area contributed by atoms with Crippen molar-refractivity contribution in [1.29, 1.82) is 0 Å². The van der Waals surface area contributed by atoms with Gasteiger partial charge in [0.1, 0.15) is 22.3 Å². The molecule has 0 bridgehead atoms. The van der Waals surface area contributed by atoms with Crippen LogP contribution in [-0.2, 0) is 10.0 Å². The van der Waals surface area contributed by atoms with Gasteiger partial charge in [0.2, 0.25) is 0 Å². The minimum Gasteiger partial charge on any atom is -0.263 e. The molecular formula is C10H8BrF2N3O2S. The zero-order valence-corrected chi connectivity index (χ0v) is 11.9. The second-order valence-corrected chi connectivity index (χ2v) is 6.21. The van der Waals surface area contributed by atoms with Crippen LogP contribution in [0, 0.1) is 18.6 Å². The number of aryl methyl sites for hydroxylation is 1. The van der Waals surface area contributed by atoms with E-state index in [-0.39, 0.29) is 10.3 Å². The molecule has 102 valence electrons. The van der Waals surface area contributed by atoms with Crippen molar-refractivity contribution in [2.75, 3.05) is 4.72 Å². The molecule has 0 saturated heterocycles. The Morgan fingerprint density at radius 2 is 2.05 bits per heavy atom. The lowest BCUT2D eigenvalue weighted by molar-refractivity contribution is 0.548. The van der Waals surface area contributed by atoms with E-state index in [1.807, 2.05) is 0 Å². The first-order chi connectivity index (χ1) is 8.81. The molecule has 19 heavy (non-hydrogen) atoms. The fraction of sp³-hybridized carbons (Fsp3) is 0.100. The van der Waals surface area contributed by atoms with Gasteiger partial charge in [-0.25, -0.2) is 17.2 Å². The molecule has 0 aliphatic carbocycles. The fourth-order valence-corrected chi connectivity index (χ4v) is 3.68. The Hall–Kier alpha value is -1.48. The van der Waals surface area contributed by atoms with Crippen LogP contribution >= 0.6 is 15.9 Å². The predicted molar refractivity (Wildman–Crippen MR) is 68.2 cm³/mol. The van der Waals surface area contributed by atoms with Crippen molar-refractivity contribution in [3.8, 4) is 0 Å². The number of aromatic amines is 1. The van der Waals surface area contributed by atoms with E-state index >= 15 is 0 Å². The number of nitrogens with one attached hydrogen (secondary N) is 2. The highest BCUT2D eigenvalue weighted by Gasteiger charge is 2.24. The molecule has 2 rings (SSSR count). The quantitative estimate of drug-likeness (QED) is 0.892. The first kappa shape index (κ1) is 13.9. The van der Waals surface area contributed by atoms with Gasteiger partial charge in [-0.2, -0.15) is 5.10 Å². The number of anilines is 1. The molecule has 1 aromatic carbocycles. The number of sulfonamides is 1. The average Bonchev–Trinajstić information content (AvgIpc) is 2.61. The molecule has 0 aliphatic heterocycles. The Balaban J connectivity index is 2.49. The number of benzene rings is 1. The number of rotatable bonds is 3. The molecule has 0 unspecified atom stereocenters. The summed E-state index contributed by atoms with van der Waals surface area (Å²) in [6.07, 6.45) is 1.41. The van der Waals surface area contributed by atoms with Crippen LogP contribution in [0.4, 0.5) is 14.6 Å². The first-order valence-electron chi connectivity index (χ1n) is 4.98. The maximum Gasteiger partial charge on any atom is 0.267 e. The van der Waals surface area contributed by atoms with E-state index in [0.717, 1.165) is 6.07 Å². The van der Waals surface area contributed by atoms with E-state index in [0.29, 0.717) is 11.6 Å². The summed E-state index contributed by atoms with van der Waals surface area (Å²) in [6, 6.07) is 1.37. The number of halogens is 3. The van der Waals surface area contributed by atoms with Gasteiger partial charge in [0.05, 0.1) is 6.20 Å². The zero-order valence-electron chi connectivity index (χ0n) is 9.54. The van der Waals surface area contributed by atoms with Gasteiger partial charge in [-0.15, -0.1) is 0 Å². The number of H-pyrrole nitrogens is 1. The normalized spacial score (nSPS) is 11.6. The Labute approximate surface area is 116 Å². The van der Waals surface area contributed by atoms with E-state index in [1.54, 1.807) is 6.92 Å². The van der Waals surface area contributed by atoms with E-state index in [4.69, 9.17) is 0 Å². The van der Waals surface area contributed by atoms with Crippen molar-refractivity contribution in [2.24, 2.45) is 0 Å². The third-order valence-electron chi connectivity index (χ3n) is 2.30. The lowest BCUT2D eigenvalue weighted by atomic mass is 10.3. The average molecular weight is 352 g/mol. The van der Waals surface area contributed by atoms with E-state index in [9.17, 15) is 17.2 Å². The number of hydrogen-bond donors (Lipinski definition) is 2. The maximum absolute atomic E-state index is 13.6. The molecule has 1 heterocycles. The van der Waals surface area contributed by atoms with Crippen LogP contribution in [0.3, 0.4) is 0 Å². The van der Waals surface area contributed by atoms with Crippen molar-refractivity contribution in [3.63, 3.8) is 0 Å². The summed E-state index contributed by atoms with van der Waals surface area (Å²) < 4.78 is 52.6. The minimum atomic E-state index is -4.19. The summed E-state index contributed by atoms with van der Waals surface area (Å²) >= 11 is 2.83. The highest BCUT2D eigenvalue weighted by molar-refractivity contribution is 9.10. The topological polar surface area (TPSA) is 74.8 Å². The standard InChI is InChI=1S/C10H8BrF2N3O2S/c1-5-4-14-15-10(5)16-19(17,18)9-7(11)2-6(12)3-8(9)13/h2-4H,1H3,(H2,14,15,16). The molecule has 0 radical (unpaired) electrons. The molecule has 0 saturated carbocycles. The van der Waals surface area contributed by atoms with Gasteiger partial charge < -0.3 is 0 Å². The third-order valence-corrected chi connectivity index (χ3v) is 4.61. The van der Waals surface area contributed by atoms with Crippen LogP contribution in [-0.4, -0.2) is 18.6 Å². The van der Waals surface area contributed by atoms with Gasteiger partial charge in [-0.05, 0) is 28.9 Å². The van der Waals surface area contributed by atoms with Crippen molar-refractivity contribution >= 4 is 31.8 Å². The number of aromatic nitrogens is 2. The van der Waals surface area contributed by atoms with Gasteiger partial charge in [0.25, 0.3) is 10.0 Å². The summed E-state index contributed by atoms with van der Waals surface area (Å²) in [5, 5.41) is 6.07. The SMILES string of the molecule is Cc1cn[nH]c1NS(=O)(=O)c1c(F)cc(F)cc1Br. The number of hydrogen-bond acceptors (Lipinski definition) is 3. The van der Waals surface area contributed by atoms with Gasteiger partial charge in [-0.1, -0.05) is 0 Å². The summed E-state index contributed by atoms with van der Waals surface area (Å²) in [4.78, 5) is -0.664. The highest BCUT2D eigenvalue weighted by atomic mass is 79.9. The fourth-order valence-electron chi connectivity index (χ4n) is 1.42. The van der Waals surface area contributed by atoms with Gasteiger partial charge in [0.15, 0.2) is 0 Å². The van der Waals surface area contributed by atoms with E-state index in [1.165, 1.54) is 6.20 Å². The molecule has 0 fully saturated rings. The van der Waals surface area contributed by atoms with Crippen LogP contribution in [0.25, 0.3) is 0 Å². The first-order valence-corrected chi connectivity index (χ1v) is 7.26. The molecule has 0 amide bonds. The van der Waals surface area contributed by atoms with Crippen LogP contribution in [0.2, 0.25) is 0 Å². The third kappa shape index (κ3) is 2.76. The molecule has 1 aromatic heterocycles. The van der Waals surface area contributed by atoms with E-state index < -0.39 is 26.6 Å². The summed E-state index contributed by atoms with van der Waals surface area (Å²) in [5.41, 5.74) is 0.544. The molecule has 9 heteroatoms. The maximum atomic E-state index is 13.6. The monoisotopic (exact) mass is 351 g/mol. The van der Waals surface area contributed by atoms with Crippen LogP contribution in [0.5, 0.6) is 0 Å². The molecule has 0 aliphatic rings. The second-order valence-electron chi connectivity index (χ2n) is 3.73. The Morgan fingerprint density at radius 3 is 2.58 bits per heavy atom. The predicted octanol–water partition coefficient (Wildman–Crippen LogP) is 2.56.